The van der Waals surface area contributed by atoms with Gasteiger partial charge in [-0.3, -0.25) is 4.98 Å². The molecular weight excluding hydrogens is 220 g/mol. The van der Waals surface area contributed by atoms with Gasteiger partial charge < -0.3 is 5.32 Å². The van der Waals surface area contributed by atoms with Crippen LogP contribution in [0.15, 0.2) is 24.5 Å². The van der Waals surface area contributed by atoms with Gasteiger partial charge in [0.25, 0.3) is 0 Å². The maximum absolute atomic E-state index is 4.08. The first kappa shape index (κ1) is 13.5. The molecule has 1 fully saturated rings. The highest BCUT2D eigenvalue weighted by Gasteiger charge is 2.24. The quantitative estimate of drug-likeness (QED) is 0.870. The molecule has 1 heterocycles. The Morgan fingerprint density at radius 3 is 2.22 bits per heavy atom. The third-order valence-corrected chi connectivity index (χ3v) is 4.41. The van der Waals surface area contributed by atoms with Gasteiger partial charge in [0.15, 0.2) is 0 Å². The highest BCUT2D eigenvalue weighted by Crippen LogP contribution is 2.30. The minimum Gasteiger partial charge on any atom is -0.307 e. The highest BCUT2D eigenvalue weighted by atomic mass is 14.9. The number of hydrogen-bond acceptors (Lipinski definition) is 2. The second-order valence-electron chi connectivity index (χ2n) is 6.02. The van der Waals surface area contributed by atoms with E-state index in [0.29, 0.717) is 12.1 Å². The summed E-state index contributed by atoms with van der Waals surface area (Å²) in [6.07, 6.45) is 9.19. The summed E-state index contributed by atoms with van der Waals surface area (Å²) in [5.41, 5.74) is 1.34. The van der Waals surface area contributed by atoms with Gasteiger partial charge in [0.2, 0.25) is 0 Å². The fraction of sp³-hybridized carbons (Fsp3) is 0.688. The third-order valence-electron chi connectivity index (χ3n) is 4.41. The molecule has 0 saturated heterocycles. The summed E-state index contributed by atoms with van der Waals surface area (Å²) < 4.78 is 0. The van der Waals surface area contributed by atoms with E-state index in [0.717, 1.165) is 11.8 Å². The van der Waals surface area contributed by atoms with Crippen molar-refractivity contribution in [3.05, 3.63) is 30.1 Å². The Bertz CT molecular complexity index is 339. The fourth-order valence-electron chi connectivity index (χ4n) is 3.05. The zero-order chi connectivity index (χ0) is 13.0. The standard InChI is InChI=1S/C16H26N2/c1-12(2)14-4-6-16(7-5-14)18-13(3)15-8-10-17-11-9-15/h8-14,16,18H,4-7H2,1-3H3/t13-,14?,16?/m0/s1. The topological polar surface area (TPSA) is 24.9 Å². The third kappa shape index (κ3) is 3.55. The molecule has 0 spiro atoms. The van der Waals surface area contributed by atoms with Crippen molar-refractivity contribution in [1.29, 1.82) is 0 Å². The molecule has 1 saturated carbocycles. The van der Waals surface area contributed by atoms with Crippen molar-refractivity contribution in [1.82, 2.24) is 10.3 Å². The van der Waals surface area contributed by atoms with E-state index in [2.05, 4.69) is 43.2 Å². The number of pyridine rings is 1. The number of nitrogens with one attached hydrogen (secondary N) is 1. The molecule has 0 unspecified atom stereocenters. The van der Waals surface area contributed by atoms with Crippen molar-refractivity contribution >= 4 is 0 Å². The Kier molecular flexibility index (Phi) is 4.76. The highest BCUT2D eigenvalue weighted by molar-refractivity contribution is 5.14. The smallest absolute Gasteiger partial charge is 0.0295 e. The van der Waals surface area contributed by atoms with Gasteiger partial charge in [-0.25, -0.2) is 0 Å². The van der Waals surface area contributed by atoms with Gasteiger partial charge in [-0.1, -0.05) is 13.8 Å². The molecule has 2 nitrogen and oxygen atoms in total. The number of nitrogens with zero attached hydrogens (tertiary/aromatic N) is 1. The maximum Gasteiger partial charge on any atom is 0.0295 e. The molecule has 0 amide bonds. The maximum atomic E-state index is 4.08. The summed E-state index contributed by atoms with van der Waals surface area (Å²) in [6, 6.07) is 5.35. The molecule has 1 aliphatic rings. The van der Waals surface area contributed by atoms with Crippen LogP contribution in [0, 0.1) is 11.8 Å². The number of aromatic nitrogens is 1. The zero-order valence-electron chi connectivity index (χ0n) is 11.9. The van der Waals surface area contributed by atoms with E-state index in [-0.39, 0.29) is 0 Å². The van der Waals surface area contributed by atoms with Gasteiger partial charge >= 0.3 is 0 Å². The summed E-state index contributed by atoms with van der Waals surface area (Å²) in [5, 5.41) is 3.77. The average Bonchev–Trinajstić information content (AvgIpc) is 2.40. The van der Waals surface area contributed by atoms with E-state index in [1.807, 2.05) is 12.4 Å². The van der Waals surface area contributed by atoms with Gasteiger partial charge in [0.05, 0.1) is 0 Å². The molecule has 1 atom stereocenters. The molecule has 1 aromatic rings. The number of rotatable bonds is 4. The molecule has 100 valence electrons. The van der Waals surface area contributed by atoms with Gasteiger partial charge in [-0.2, -0.15) is 0 Å². The lowest BCUT2D eigenvalue weighted by Gasteiger charge is -2.33. The van der Waals surface area contributed by atoms with Crippen LogP contribution in [0.4, 0.5) is 0 Å². The SMILES string of the molecule is CC(C)C1CCC(N[C@@H](C)c2ccncc2)CC1. The van der Waals surface area contributed by atoms with E-state index in [1.54, 1.807) is 0 Å². The van der Waals surface area contributed by atoms with Crippen molar-refractivity contribution in [2.75, 3.05) is 0 Å². The molecule has 0 aromatic carbocycles. The summed E-state index contributed by atoms with van der Waals surface area (Å²) in [5.74, 6) is 1.79. The first-order chi connectivity index (χ1) is 8.66. The Hall–Kier alpha value is -0.890. The minimum atomic E-state index is 0.439. The van der Waals surface area contributed by atoms with Crippen molar-refractivity contribution in [2.45, 2.75) is 58.5 Å². The van der Waals surface area contributed by atoms with Crippen LogP contribution in [0.5, 0.6) is 0 Å². The first-order valence-electron chi connectivity index (χ1n) is 7.32. The Balaban J connectivity index is 1.81. The normalized spacial score (nSPS) is 26.2. The lowest BCUT2D eigenvalue weighted by atomic mass is 9.79. The van der Waals surface area contributed by atoms with Gasteiger partial charge in [-0.05, 0) is 62.1 Å². The molecule has 0 bridgehead atoms. The van der Waals surface area contributed by atoms with Gasteiger partial charge in [0.1, 0.15) is 0 Å². The van der Waals surface area contributed by atoms with Crippen LogP contribution in [0.2, 0.25) is 0 Å². The van der Waals surface area contributed by atoms with Crippen LogP contribution in [0.3, 0.4) is 0 Å². The molecule has 2 rings (SSSR count). The van der Waals surface area contributed by atoms with E-state index in [4.69, 9.17) is 0 Å². The average molecular weight is 246 g/mol. The van der Waals surface area contributed by atoms with Crippen LogP contribution in [-0.2, 0) is 0 Å². The van der Waals surface area contributed by atoms with Crippen LogP contribution in [0.25, 0.3) is 0 Å². The van der Waals surface area contributed by atoms with Crippen molar-refractivity contribution < 1.29 is 0 Å². The second kappa shape index (κ2) is 6.33. The summed E-state index contributed by atoms with van der Waals surface area (Å²) >= 11 is 0. The predicted octanol–water partition coefficient (Wildman–Crippen LogP) is 3.95. The molecular formula is C16H26N2. The van der Waals surface area contributed by atoms with Crippen LogP contribution in [0.1, 0.15) is 58.1 Å². The second-order valence-corrected chi connectivity index (χ2v) is 6.02. The van der Waals surface area contributed by atoms with Gasteiger partial charge in [0, 0.05) is 24.5 Å². The van der Waals surface area contributed by atoms with E-state index >= 15 is 0 Å². The fourth-order valence-corrected chi connectivity index (χ4v) is 3.05. The van der Waals surface area contributed by atoms with E-state index in [9.17, 15) is 0 Å². The van der Waals surface area contributed by atoms with Crippen LogP contribution in [-0.4, -0.2) is 11.0 Å². The van der Waals surface area contributed by atoms with Crippen LogP contribution < -0.4 is 5.32 Å². The lowest BCUT2D eigenvalue weighted by Crippen LogP contribution is -2.35. The minimum absolute atomic E-state index is 0.439. The number of hydrogen-bond donors (Lipinski definition) is 1. The summed E-state index contributed by atoms with van der Waals surface area (Å²) in [6.45, 7) is 6.97. The van der Waals surface area contributed by atoms with Crippen molar-refractivity contribution in [3.63, 3.8) is 0 Å². The monoisotopic (exact) mass is 246 g/mol. The van der Waals surface area contributed by atoms with Gasteiger partial charge in [-0.15, -0.1) is 0 Å². The largest absolute Gasteiger partial charge is 0.307 e. The summed E-state index contributed by atoms with van der Waals surface area (Å²) in [4.78, 5) is 4.08. The van der Waals surface area contributed by atoms with E-state index in [1.165, 1.54) is 31.2 Å². The lowest BCUT2D eigenvalue weighted by molar-refractivity contribution is 0.231. The first-order valence-corrected chi connectivity index (χ1v) is 7.32. The zero-order valence-corrected chi connectivity index (χ0v) is 11.9. The molecule has 1 aromatic heterocycles. The predicted molar refractivity (Wildman–Crippen MR) is 76.4 cm³/mol. The Labute approximate surface area is 111 Å². The molecule has 1 N–H and O–H groups in total. The summed E-state index contributed by atoms with van der Waals surface area (Å²) in [7, 11) is 0. The van der Waals surface area contributed by atoms with Crippen molar-refractivity contribution in [2.24, 2.45) is 11.8 Å². The molecule has 0 aliphatic heterocycles. The molecule has 1 aliphatic carbocycles. The molecule has 2 heteroatoms. The molecule has 18 heavy (non-hydrogen) atoms. The molecule has 0 radical (unpaired) electrons. The van der Waals surface area contributed by atoms with E-state index < -0.39 is 0 Å². The Morgan fingerprint density at radius 1 is 1.06 bits per heavy atom. The van der Waals surface area contributed by atoms with Crippen molar-refractivity contribution in [3.8, 4) is 0 Å². The Morgan fingerprint density at radius 2 is 1.67 bits per heavy atom. The van der Waals surface area contributed by atoms with Crippen LogP contribution >= 0.6 is 0 Å².